The first kappa shape index (κ1) is 15.9. The summed E-state index contributed by atoms with van der Waals surface area (Å²) in [6.45, 7) is 3.34. The Morgan fingerprint density at radius 3 is 2.68 bits per heavy atom. The molecule has 114 valence electrons. The molecule has 0 saturated carbocycles. The summed E-state index contributed by atoms with van der Waals surface area (Å²) in [6.07, 6.45) is 1.48. The number of benzene rings is 1. The van der Waals surface area contributed by atoms with Crippen LogP contribution in [0.1, 0.15) is 34.6 Å². The van der Waals surface area contributed by atoms with E-state index in [9.17, 15) is 14.9 Å². The lowest BCUT2D eigenvalue weighted by atomic mass is 10.1. The first-order chi connectivity index (χ1) is 10.4. The number of nitrogens with one attached hydrogen (secondary N) is 1. The van der Waals surface area contributed by atoms with Crippen molar-refractivity contribution in [1.29, 1.82) is 0 Å². The van der Waals surface area contributed by atoms with Gasteiger partial charge in [0.15, 0.2) is 0 Å². The molecule has 1 aromatic heterocycles. The molecule has 0 unspecified atom stereocenters. The Labute approximate surface area is 132 Å². The average molecular weight is 320 g/mol. The van der Waals surface area contributed by atoms with Crippen molar-refractivity contribution in [2.24, 2.45) is 0 Å². The molecule has 0 fully saturated rings. The van der Waals surface area contributed by atoms with Crippen molar-refractivity contribution in [3.05, 3.63) is 68.5 Å². The number of amides is 1. The summed E-state index contributed by atoms with van der Waals surface area (Å²) in [6, 6.07) is 7.61. The smallest absolute Gasteiger partial charge is 0.285 e. The second-order valence-corrected chi connectivity index (χ2v) is 5.26. The molecule has 1 N–H and O–H groups in total. The SMILES string of the molecule is Cc1cccc(C(=O)N[C@@H](C)c2ccc(Cl)cn2)c1[N+](=O)[O-]. The molecule has 0 radical (unpaired) electrons. The van der Waals surface area contributed by atoms with Crippen LogP contribution in [0.3, 0.4) is 0 Å². The van der Waals surface area contributed by atoms with Crippen LogP contribution >= 0.6 is 11.6 Å². The van der Waals surface area contributed by atoms with E-state index in [1.54, 1.807) is 38.1 Å². The Balaban J connectivity index is 2.24. The normalized spacial score (nSPS) is 11.8. The summed E-state index contributed by atoms with van der Waals surface area (Å²) in [5.41, 5.74) is 0.907. The molecule has 22 heavy (non-hydrogen) atoms. The Morgan fingerprint density at radius 2 is 2.09 bits per heavy atom. The lowest BCUT2D eigenvalue weighted by molar-refractivity contribution is -0.385. The number of carbonyl (C=O) groups is 1. The summed E-state index contributed by atoms with van der Waals surface area (Å²) in [4.78, 5) is 27.0. The van der Waals surface area contributed by atoms with Gasteiger partial charge in [0.1, 0.15) is 5.56 Å². The molecule has 1 amide bonds. The van der Waals surface area contributed by atoms with Gasteiger partial charge in [0.25, 0.3) is 11.6 Å². The van der Waals surface area contributed by atoms with Crippen molar-refractivity contribution in [1.82, 2.24) is 10.3 Å². The summed E-state index contributed by atoms with van der Waals surface area (Å²) in [5, 5.41) is 14.3. The van der Waals surface area contributed by atoms with Gasteiger partial charge in [0, 0.05) is 11.8 Å². The molecule has 1 atom stereocenters. The van der Waals surface area contributed by atoms with Gasteiger partial charge >= 0.3 is 0 Å². The number of aromatic nitrogens is 1. The van der Waals surface area contributed by atoms with Crippen LogP contribution in [0, 0.1) is 17.0 Å². The average Bonchev–Trinajstić information content (AvgIpc) is 2.47. The van der Waals surface area contributed by atoms with Gasteiger partial charge in [-0.15, -0.1) is 0 Å². The van der Waals surface area contributed by atoms with E-state index in [2.05, 4.69) is 10.3 Å². The number of hydrogen-bond acceptors (Lipinski definition) is 4. The molecule has 1 aromatic carbocycles. The fourth-order valence-corrected chi connectivity index (χ4v) is 2.19. The lowest BCUT2D eigenvalue weighted by Gasteiger charge is -2.14. The van der Waals surface area contributed by atoms with Crippen LogP contribution in [0.4, 0.5) is 5.69 Å². The molecule has 0 aliphatic rings. The predicted octanol–water partition coefficient (Wildman–Crippen LogP) is 3.44. The number of rotatable bonds is 4. The molecule has 0 aliphatic carbocycles. The van der Waals surface area contributed by atoms with Crippen molar-refractivity contribution in [3.8, 4) is 0 Å². The van der Waals surface area contributed by atoms with Crippen LogP contribution in [0.25, 0.3) is 0 Å². The molecular formula is C15H14ClN3O3. The molecule has 7 heteroatoms. The van der Waals surface area contributed by atoms with Gasteiger partial charge in [0.2, 0.25) is 0 Å². The van der Waals surface area contributed by atoms with E-state index in [1.165, 1.54) is 12.3 Å². The summed E-state index contributed by atoms with van der Waals surface area (Å²) >= 11 is 5.77. The van der Waals surface area contributed by atoms with E-state index >= 15 is 0 Å². The van der Waals surface area contributed by atoms with Gasteiger partial charge in [0.05, 0.1) is 21.7 Å². The van der Waals surface area contributed by atoms with E-state index in [-0.39, 0.29) is 11.3 Å². The third kappa shape index (κ3) is 3.40. The second kappa shape index (κ2) is 6.53. The van der Waals surface area contributed by atoms with Gasteiger partial charge in [-0.05, 0) is 32.0 Å². The molecule has 2 rings (SSSR count). The highest BCUT2D eigenvalue weighted by atomic mass is 35.5. The molecule has 0 bridgehead atoms. The van der Waals surface area contributed by atoms with E-state index in [4.69, 9.17) is 11.6 Å². The molecule has 2 aromatic rings. The zero-order valence-electron chi connectivity index (χ0n) is 12.0. The Kier molecular flexibility index (Phi) is 4.72. The highest BCUT2D eigenvalue weighted by Gasteiger charge is 2.23. The first-order valence-corrected chi connectivity index (χ1v) is 6.94. The molecular weight excluding hydrogens is 306 g/mol. The van der Waals surface area contributed by atoms with E-state index < -0.39 is 16.9 Å². The topological polar surface area (TPSA) is 85.1 Å². The molecule has 0 spiro atoms. The zero-order valence-corrected chi connectivity index (χ0v) is 12.8. The number of aryl methyl sites for hydroxylation is 1. The molecule has 0 aliphatic heterocycles. The number of para-hydroxylation sites is 1. The summed E-state index contributed by atoms with van der Waals surface area (Å²) in [7, 11) is 0. The van der Waals surface area contributed by atoms with Crippen molar-refractivity contribution in [3.63, 3.8) is 0 Å². The third-order valence-corrected chi connectivity index (χ3v) is 3.43. The van der Waals surface area contributed by atoms with E-state index in [0.29, 0.717) is 16.3 Å². The maximum atomic E-state index is 12.3. The van der Waals surface area contributed by atoms with Crippen molar-refractivity contribution in [2.75, 3.05) is 0 Å². The number of hydrogen-bond donors (Lipinski definition) is 1. The van der Waals surface area contributed by atoms with Gasteiger partial charge < -0.3 is 5.32 Å². The van der Waals surface area contributed by atoms with Gasteiger partial charge in [-0.25, -0.2) is 0 Å². The number of pyridine rings is 1. The Hall–Kier alpha value is -2.47. The van der Waals surface area contributed by atoms with Gasteiger partial charge in [-0.2, -0.15) is 0 Å². The van der Waals surface area contributed by atoms with Crippen LogP contribution in [0.5, 0.6) is 0 Å². The largest absolute Gasteiger partial charge is 0.344 e. The number of carbonyl (C=O) groups excluding carboxylic acids is 1. The molecule has 1 heterocycles. The quantitative estimate of drug-likeness (QED) is 0.691. The number of halogens is 1. The van der Waals surface area contributed by atoms with Gasteiger partial charge in [-0.1, -0.05) is 23.7 Å². The third-order valence-electron chi connectivity index (χ3n) is 3.21. The highest BCUT2D eigenvalue weighted by molar-refractivity contribution is 6.30. The van der Waals surface area contributed by atoms with Crippen molar-refractivity contribution >= 4 is 23.2 Å². The van der Waals surface area contributed by atoms with Crippen LogP contribution < -0.4 is 5.32 Å². The monoisotopic (exact) mass is 319 g/mol. The molecule has 6 nitrogen and oxygen atoms in total. The fraction of sp³-hybridized carbons (Fsp3) is 0.200. The van der Waals surface area contributed by atoms with Crippen LogP contribution in [0.2, 0.25) is 5.02 Å². The summed E-state index contributed by atoms with van der Waals surface area (Å²) < 4.78 is 0. The standard InChI is InChI=1S/C15H14ClN3O3/c1-9-4-3-5-12(14(9)19(21)22)15(20)18-10(2)13-7-6-11(16)8-17-13/h3-8,10H,1-2H3,(H,18,20)/t10-/m0/s1. The number of nitrogens with zero attached hydrogens (tertiary/aromatic N) is 2. The predicted molar refractivity (Wildman–Crippen MR) is 83.0 cm³/mol. The van der Waals surface area contributed by atoms with E-state index in [1.807, 2.05) is 0 Å². The van der Waals surface area contributed by atoms with Crippen molar-refractivity contribution < 1.29 is 9.72 Å². The Bertz CT molecular complexity index is 716. The Morgan fingerprint density at radius 1 is 1.36 bits per heavy atom. The van der Waals surface area contributed by atoms with Gasteiger partial charge in [-0.3, -0.25) is 19.9 Å². The molecule has 0 saturated heterocycles. The van der Waals surface area contributed by atoms with Crippen LogP contribution in [-0.2, 0) is 0 Å². The van der Waals surface area contributed by atoms with E-state index in [0.717, 1.165) is 0 Å². The number of nitro groups is 1. The van der Waals surface area contributed by atoms with Crippen LogP contribution in [0.15, 0.2) is 36.5 Å². The lowest BCUT2D eigenvalue weighted by Crippen LogP contribution is -2.28. The number of nitro benzene ring substituents is 1. The zero-order chi connectivity index (χ0) is 16.3. The minimum atomic E-state index is -0.546. The second-order valence-electron chi connectivity index (χ2n) is 4.82. The minimum absolute atomic E-state index is 0.0332. The van der Waals surface area contributed by atoms with Crippen molar-refractivity contribution in [2.45, 2.75) is 19.9 Å². The summed E-state index contributed by atoms with van der Waals surface area (Å²) in [5.74, 6) is -0.514. The minimum Gasteiger partial charge on any atom is -0.344 e. The highest BCUT2D eigenvalue weighted by Crippen LogP contribution is 2.23. The fourth-order valence-electron chi connectivity index (χ4n) is 2.08. The maximum Gasteiger partial charge on any atom is 0.285 e. The van der Waals surface area contributed by atoms with Crippen LogP contribution in [-0.4, -0.2) is 15.8 Å². The first-order valence-electron chi connectivity index (χ1n) is 6.56. The maximum absolute atomic E-state index is 12.3.